The maximum absolute atomic E-state index is 5.38. The molecule has 20 heavy (non-hydrogen) atoms. The summed E-state index contributed by atoms with van der Waals surface area (Å²) in [5.41, 5.74) is 2.49. The molecule has 3 heterocycles. The van der Waals surface area contributed by atoms with Gasteiger partial charge in [-0.2, -0.15) is 16.7 Å². The van der Waals surface area contributed by atoms with Crippen LogP contribution in [0.3, 0.4) is 0 Å². The molecule has 1 fully saturated rings. The van der Waals surface area contributed by atoms with Gasteiger partial charge >= 0.3 is 0 Å². The first-order chi connectivity index (χ1) is 9.81. The Hall–Kier alpha value is -1.75. The Kier molecular flexibility index (Phi) is 2.80. The summed E-state index contributed by atoms with van der Waals surface area (Å²) in [6.07, 6.45) is 2.81. The van der Waals surface area contributed by atoms with Gasteiger partial charge in [-0.05, 0) is 17.0 Å². The van der Waals surface area contributed by atoms with Gasteiger partial charge in [0, 0.05) is 31.2 Å². The van der Waals surface area contributed by atoms with Gasteiger partial charge in [0.15, 0.2) is 5.82 Å². The van der Waals surface area contributed by atoms with Crippen molar-refractivity contribution in [2.75, 3.05) is 11.5 Å². The van der Waals surface area contributed by atoms with E-state index in [0.29, 0.717) is 5.92 Å². The lowest BCUT2D eigenvalue weighted by atomic mass is 10.1. The number of hydrogen-bond donors (Lipinski definition) is 0. The third-order valence-electron chi connectivity index (χ3n) is 3.80. The second-order valence-corrected chi connectivity index (χ2v) is 6.32. The van der Waals surface area contributed by atoms with E-state index < -0.39 is 0 Å². The number of fused-ring (bicyclic) bond motifs is 1. The maximum Gasteiger partial charge on any atom is 0.231 e. The lowest BCUT2D eigenvalue weighted by Crippen LogP contribution is -2.15. The molecule has 0 unspecified atom stereocenters. The van der Waals surface area contributed by atoms with Crippen LogP contribution < -0.4 is 0 Å². The number of aryl methyl sites for hydroxylation is 1. The van der Waals surface area contributed by atoms with E-state index in [4.69, 9.17) is 4.52 Å². The summed E-state index contributed by atoms with van der Waals surface area (Å²) in [6, 6.07) is 8.48. The fourth-order valence-electron chi connectivity index (χ4n) is 2.64. The summed E-state index contributed by atoms with van der Waals surface area (Å²) in [5, 5.41) is 5.38. The van der Waals surface area contributed by atoms with Crippen molar-refractivity contribution in [2.24, 2.45) is 7.05 Å². The molecule has 4 rings (SSSR count). The third kappa shape index (κ3) is 1.93. The van der Waals surface area contributed by atoms with Gasteiger partial charge in [-0.3, -0.25) is 0 Å². The van der Waals surface area contributed by atoms with Crippen molar-refractivity contribution in [1.29, 1.82) is 0 Å². The molecule has 5 heteroatoms. The Bertz CT molecular complexity index is 757. The Morgan fingerprint density at radius 3 is 3.05 bits per heavy atom. The second kappa shape index (κ2) is 4.66. The number of aromatic nitrogens is 3. The number of nitrogens with zero attached hydrogens (tertiary/aromatic N) is 3. The van der Waals surface area contributed by atoms with Gasteiger partial charge in [0.1, 0.15) is 0 Å². The van der Waals surface area contributed by atoms with Gasteiger partial charge in [0.25, 0.3) is 0 Å². The molecule has 1 aromatic carbocycles. The molecule has 2 aromatic heterocycles. The lowest BCUT2D eigenvalue weighted by Gasteiger charge is -2.19. The third-order valence-corrected chi connectivity index (χ3v) is 5.08. The number of para-hydroxylation sites is 1. The number of thioether (sulfide) groups is 1. The first-order valence-corrected chi connectivity index (χ1v) is 7.90. The van der Waals surface area contributed by atoms with Gasteiger partial charge in [-0.15, -0.1) is 0 Å². The molecule has 0 amide bonds. The number of rotatable bonds is 3. The van der Waals surface area contributed by atoms with Crippen LogP contribution in [-0.2, 0) is 13.5 Å². The van der Waals surface area contributed by atoms with Gasteiger partial charge in [0.2, 0.25) is 5.89 Å². The molecule has 0 atom stereocenters. The van der Waals surface area contributed by atoms with E-state index in [1.54, 1.807) is 0 Å². The molecule has 1 aliphatic rings. The van der Waals surface area contributed by atoms with E-state index in [2.05, 4.69) is 52.2 Å². The Morgan fingerprint density at radius 1 is 1.35 bits per heavy atom. The van der Waals surface area contributed by atoms with E-state index >= 15 is 0 Å². The van der Waals surface area contributed by atoms with Gasteiger partial charge in [-0.25, -0.2) is 0 Å². The zero-order valence-corrected chi connectivity index (χ0v) is 12.1. The minimum absolute atomic E-state index is 0.465. The molecule has 1 saturated heterocycles. The molecule has 3 aromatic rings. The first kappa shape index (κ1) is 12.0. The highest BCUT2D eigenvalue weighted by Gasteiger charge is 2.26. The van der Waals surface area contributed by atoms with Crippen LogP contribution in [0.25, 0.3) is 10.9 Å². The largest absolute Gasteiger partial charge is 0.350 e. The Morgan fingerprint density at radius 2 is 2.25 bits per heavy atom. The van der Waals surface area contributed by atoms with E-state index in [1.165, 1.54) is 16.5 Å². The SMILES string of the molecule is Cn1ccc2cccc(Cc3noc(C4CSC4)n3)c21. The van der Waals surface area contributed by atoms with Crippen LogP contribution in [0, 0.1) is 0 Å². The van der Waals surface area contributed by atoms with Crippen LogP contribution in [0.1, 0.15) is 23.2 Å². The lowest BCUT2D eigenvalue weighted by molar-refractivity contribution is 0.360. The summed E-state index contributed by atoms with van der Waals surface area (Å²) < 4.78 is 7.53. The van der Waals surface area contributed by atoms with Crippen molar-refractivity contribution >= 4 is 22.7 Å². The molecular weight excluding hydrogens is 270 g/mol. The molecule has 0 bridgehead atoms. The summed E-state index contributed by atoms with van der Waals surface area (Å²) in [4.78, 5) is 4.55. The molecule has 1 aliphatic heterocycles. The van der Waals surface area contributed by atoms with E-state index in [9.17, 15) is 0 Å². The fraction of sp³-hybridized carbons (Fsp3) is 0.333. The normalized spacial score (nSPS) is 15.7. The summed E-state index contributed by atoms with van der Waals surface area (Å²) in [5.74, 6) is 4.26. The highest BCUT2D eigenvalue weighted by Crippen LogP contribution is 2.33. The van der Waals surface area contributed by atoms with Crippen molar-refractivity contribution in [2.45, 2.75) is 12.3 Å². The summed E-state index contributed by atoms with van der Waals surface area (Å²) >= 11 is 1.93. The van der Waals surface area contributed by atoms with Gasteiger partial charge in [0.05, 0.1) is 11.4 Å². The molecule has 0 spiro atoms. The maximum atomic E-state index is 5.38. The standard InChI is InChI=1S/C15H15N3OS/c1-18-6-5-10-3-2-4-11(14(10)18)7-13-16-15(19-17-13)12-8-20-9-12/h2-6,12H,7-9H2,1H3. The van der Waals surface area contributed by atoms with Crippen molar-refractivity contribution < 1.29 is 4.52 Å². The molecule has 4 nitrogen and oxygen atoms in total. The zero-order valence-electron chi connectivity index (χ0n) is 11.2. The molecular formula is C15H15N3OS. The predicted molar refractivity (Wildman–Crippen MR) is 80.1 cm³/mol. The van der Waals surface area contributed by atoms with Crippen molar-refractivity contribution in [3.63, 3.8) is 0 Å². The van der Waals surface area contributed by atoms with Crippen LogP contribution in [-0.4, -0.2) is 26.2 Å². The van der Waals surface area contributed by atoms with Crippen LogP contribution in [0.5, 0.6) is 0 Å². The molecule has 102 valence electrons. The van der Waals surface area contributed by atoms with Gasteiger partial charge in [-0.1, -0.05) is 23.4 Å². The monoisotopic (exact) mass is 285 g/mol. The van der Waals surface area contributed by atoms with Crippen LogP contribution in [0.2, 0.25) is 0 Å². The Balaban J connectivity index is 1.66. The minimum atomic E-state index is 0.465. The highest BCUT2D eigenvalue weighted by atomic mass is 32.2. The van der Waals surface area contributed by atoms with Crippen molar-refractivity contribution in [3.8, 4) is 0 Å². The second-order valence-electron chi connectivity index (χ2n) is 5.24. The molecule has 0 radical (unpaired) electrons. The highest BCUT2D eigenvalue weighted by molar-refractivity contribution is 8.00. The molecule has 0 saturated carbocycles. The van der Waals surface area contributed by atoms with E-state index in [-0.39, 0.29) is 0 Å². The van der Waals surface area contributed by atoms with Crippen molar-refractivity contribution in [1.82, 2.24) is 14.7 Å². The molecule has 0 N–H and O–H groups in total. The van der Waals surface area contributed by atoms with Crippen LogP contribution in [0.4, 0.5) is 0 Å². The smallest absolute Gasteiger partial charge is 0.231 e. The van der Waals surface area contributed by atoms with Crippen LogP contribution in [0.15, 0.2) is 35.0 Å². The molecule has 0 aliphatic carbocycles. The zero-order chi connectivity index (χ0) is 13.5. The quantitative estimate of drug-likeness (QED) is 0.742. The fourth-order valence-corrected chi connectivity index (χ4v) is 3.40. The number of benzene rings is 1. The van der Waals surface area contributed by atoms with Gasteiger partial charge < -0.3 is 9.09 Å². The minimum Gasteiger partial charge on any atom is -0.350 e. The average Bonchev–Trinajstić information content (AvgIpc) is 2.96. The topological polar surface area (TPSA) is 43.9 Å². The predicted octanol–water partition coefficient (Wildman–Crippen LogP) is 2.98. The summed E-state index contributed by atoms with van der Waals surface area (Å²) in [7, 11) is 2.07. The first-order valence-electron chi connectivity index (χ1n) is 6.74. The Labute approximate surface area is 121 Å². The van der Waals surface area contributed by atoms with E-state index in [0.717, 1.165) is 29.6 Å². The summed E-state index contributed by atoms with van der Waals surface area (Å²) in [6.45, 7) is 0. The van der Waals surface area contributed by atoms with Crippen molar-refractivity contribution in [3.05, 3.63) is 47.7 Å². The van der Waals surface area contributed by atoms with Crippen LogP contribution >= 0.6 is 11.8 Å². The van der Waals surface area contributed by atoms with E-state index in [1.807, 2.05) is 11.8 Å². The number of hydrogen-bond acceptors (Lipinski definition) is 4. The average molecular weight is 285 g/mol.